The lowest BCUT2D eigenvalue weighted by atomic mass is 9.98. The highest BCUT2D eigenvalue weighted by molar-refractivity contribution is 5.96. The molecule has 2 aromatic carbocycles. The van der Waals surface area contributed by atoms with Gasteiger partial charge in [-0.15, -0.1) is 0 Å². The number of rotatable bonds is 10. The standard InChI is InChI=1S/C27H33N3O3/c28-14-5-1-2-6-15-32-25-13-12-20(16-26(25)33-24-10-3-4-11-24)21-17-27(31)30(19-21)23-9-7-8-22(29)18-23/h7-9,12-13,16,18,21,24H,1-6,10-11,15,17,19,29H2/t21-/m1/s1. The summed E-state index contributed by atoms with van der Waals surface area (Å²) in [5.74, 6) is 1.76. The molecular formula is C27H33N3O3. The first kappa shape index (κ1) is 23.0. The second-order valence-corrected chi connectivity index (χ2v) is 9.05. The molecule has 174 valence electrons. The second kappa shape index (κ2) is 11.1. The van der Waals surface area contributed by atoms with Crippen LogP contribution in [0.25, 0.3) is 0 Å². The average molecular weight is 448 g/mol. The van der Waals surface area contributed by atoms with E-state index < -0.39 is 0 Å². The first-order valence-corrected chi connectivity index (χ1v) is 12.1. The van der Waals surface area contributed by atoms with Gasteiger partial charge in [-0.25, -0.2) is 0 Å². The maximum absolute atomic E-state index is 12.8. The van der Waals surface area contributed by atoms with Crippen LogP contribution in [0.1, 0.15) is 69.3 Å². The molecule has 1 heterocycles. The number of amides is 1. The van der Waals surface area contributed by atoms with Crippen molar-refractivity contribution in [1.82, 2.24) is 0 Å². The minimum absolute atomic E-state index is 0.102. The van der Waals surface area contributed by atoms with Gasteiger partial charge in [0.1, 0.15) is 0 Å². The van der Waals surface area contributed by atoms with Gasteiger partial charge in [-0.3, -0.25) is 4.79 Å². The van der Waals surface area contributed by atoms with Crippen LogP contribution >= 0.6 is 0 Å². The van der Waals surface area contributed by atoms with E-state index in [4.69, 9.17) is 20.5 Å². The van der Waals surface area contributed by atoms with E-state index >= 15 is 0 Å². The molecule has 0 bridgehead atoms. The van der Waals surface area contributed by atoms with Crippen molar-refractivity contribution in [2.75, 3.05) is 23.8 Å². The van der Waals surface area contributed by atoms with E-state index in [1.165, 1.54) is 12.8 Å². The zero-order valence-electron chi connectivity index (χ0n) is 19.2. The van der Waals surface area contributed by atoms with Gasteiger partial charge in [0, 0.05) is 36.7 Å². The molecule has 2 aliphatic rings. The highest BCUT2D eigenvalue weighted by atomic mass is 16.5. The first-order valence-electron chi connectivity index (χ1n) is 12.1. The van der Waals surface area contributed by atoms with E-state index in [9.17, 15) is 4.79 Å². The van der Waals surface area contributed by atoms with Crippen LogP contribution < -0.4 is 20.1 Å². The van der Waals surface area contributed by atoms with Crippen molar-refractivity contribution >= 4 is 17.3 Å². The Labute approximate surface area is 196 Å². The van der Waals surface area contributed by atoms with Gasteiger partial charge in [0.15, 0.2) is 11.5 Å². The zero-order valence-corrected chi connectivity index (χ0v) is 19.2. The highest BCUT2D eigenvalue weighted by Gasteiger charge is 2.32. The molecule has 0 aromatic heterocycles. The predicted octanol–water partition coefficient (Wildman–Crippen LogP) is 5.57. The molecule has 2 fully saturated rings. The van der Waals surface area contributed by atoms with Crippen molar-refractivity contribution in [3.63, 3.8) is 0 Å². The van der Waals surface area contributed by atoms with Gasteiger partial charge in [0.2, 0.25) is 5.91 Å². The first-order chi connectivity index (χ1) is 16.1. The van der Waals surface area contributed by atoms with Crippen LogP contribution in [0.2, 0.25) is 0 Å². The van der Waals surface area contributed by atoms with Crippen LogP contribution in [0.15, 0.2) is 42.5 Å². The zero-order chi connectivity index (χ0) is 23.0. The second-order valence-electron chi connectivity index (χ2n) is 9.05. The van der Waals surface area contributed by atoms with Crippen LogP contribution in [0, 0.1) is 11.3 Å². The lowest BCUT2D eigenvalue weighted by Gasteiger charge is -2.20. The molecule has 33 heavy (non-hydrogen) atoms. The van der Waals surface area contributed by atoms with E-state index in [0.29, 0.717) is 31.7 Å². The number of unbranched alkanes of at least 4 members (excludes halogenated alkanes) is 3. The molecule has 1 amide bonds. The Morgan fingerprint density at radius 2 is 1.91 bits per heavy atom. The molecule has 4 rings (SSSR count). The molecule has 0 radical (unpaired) electrons. The highest BCUT2D eigenvalue weighted by Crippen LogP contribution is 2.38. The van der Waals surface area contributed by atoms with Crippen molar-refractivity contribution in [3.8, 4) is 17.6 Å². The number of carbonyl (C=O) groups is 1. The quantitative estimate of drug-likeness (QED) is 0.380. The van der Waals surface area contributed by atoms with E-state index in [2.05, 4.69) is 18.2 Å². The number of hydrogen-bond donors (Lipinski definition) is 1. The van der Waals surface area contributed by atoms with Crippen molar-refractivity contribution in [3.05, 3.63) is 48.0 Å². The minimum atomic E-state index is 0.102. The Kier molecular flexibility index (Phi) is 7.72. The number of nitrogen functional groups attached to an aromatic ring is 1. The van der Waals surface area contributed by atoms with Crippen molar-refractivity contribution in [1.29, 1.82) is 5.26 Å². The van der Waals surface area contributed by atoms with Crippen LogP contribution in [0.4, 0.5) is 11.4 Å². The van der Waals surface area contributed by atoms with Crippen molar-refractivity contribution in [2.24, 2.45) is 0 Å². The molecule has 0 unspecified atom stereocenters. The number of ether oxygens (including phenoxy) is 2. The molecule has 1 saturated heterocycles. The Hall–Kier alpha value is -3.20. The fraction of sp³-hybridized carbons (Fsp3) is 0.481. The predicted molar refractivity (Wildman–Crippen MR) is 129 cm³/mol. The van der Waals surface area contributed by atoms with Crippen molar-refractivity contribution in [2.45, 2.75) is 69.8 Å². The number of benzene rings is 2. The molecule has 1 atom stereocenters. The Balaban J connectivity index is 1.46. The average Bonchev–Trinajstić information content (AvgIpc) is 3.46. The summed E-state index contributed by atoms with van der Waals surface area (Å²) in [7, 11) is 0. The summed E-state index contributed by atoms with van der Waals surface area (Å²) in [4.78, 5) is 14.6. The number of nitrogens with zero attached hydrogens (tertiary/aromatic N) is 2. The SMILES string of the molecule is N#CCCCCCOc1ccc([C@@H]2CC(=O)N(c3cccc(N)c3)C2)cc1OC1CCCC1. The maximum Gasteiger partial charge on any atom is 0.227 e. The summed E-state index contributed by atoms with van der Waals surface area (Å²) in [5, 5.41) is 8.67. The van der Waals surface area contributed by atoms with Crippen LogP contribution in [-0.4, -0.2) is 25.2 Å². The van der Waals surface area contributed by atoms with Gasteiger partial charge in [0.25, 0.3) is 0 Å². The summed E-state index contributed by atoms with van der Waals surface area (Å²) >= 11 is 0. The molecule has 6 heteroatoms. The third kappa shape index (κ3) is 5.98. The normalized spacial score (nSPS) is 18.5. The van der Waals surface area contributed by atoms with Gasteiger partial charge < -0.3 is 20.1 Å². The van der Waals surface area contributed by atoms with Gasteiger partial charge >= 0.3 is 0 Å². The number of nitrogens with two attached hydrogens (primary N) is 1. The Bertz CT molecular complexity index is 994. The molecule has 1 aliphatic carbocycles. The number of nitriles is 1. The van der Waals surface area contributed by atoms with Gasteiger partial charge in [-0.05, 0) is 80.8 Å². The van der Waals surface area contributed by atoms with Gasteiger partial charge in [0.05, 0.1) is 18.8 Å². The molecule has 2 N–H and O–H groups in total. The Morgan fingerprint density at radius 3 is 2.70 bits per heavy atom. The fourth-order valence-electron chi connectivity index (χ4n) is 4.71. The number of hydrogen-bond acceptors (Lipinski definition) is 5. The smallest absolute Gasteiger partial charge is 0.227 e. The van der Waals surface area contributed by atoms with Crippen molar-refractivity contribution < 1.29 is 14.3 Å². The summed E-state index contributed by atoms with van der Waals surface area (Å²) in [5.41, 5.74) is 8.53. The molecular weight excluding hydrogens is 414 g/mol. The van der Waals surface area contributed by atoms with Gasteiger partial charge in [-0.2, -0.15) is 5.26 Å². The number of anilines is 2. The van der Waals surface area contributed by atoms with Crippen LogP contribution in [0.5, 0.6) is 11.5 Å². The molecule has 1 aliphatic heterocycles. The molecule has 1 saturated carbocycles. The summed E-state index contributed by atoms with van der Waals surface area (Å²) < 4.78 is 12.4. The Morgan fingerprint density at radius 1 is 1.06 bits per heavy atom. The third-order valence-electron chi connectivity index (χ3n) is 6.53. The number of carbonyl (C=O) groups excluding carboxylic acids is 1. The topological polar surface area (TPSA) is 88.6 Å². The van der Waals surface area contributed by atoms with E-state index in [1.807, 2.05) is 35.2 Å². The van der Waals surface area contributed by atoms with E-state index in [0.717, 1.165) is 54.9 Å². The summed E-state index contributed by atoms with van der Waals surface area (Å²) in [6, 6.07) is 15.8. The monoisotopic (exact) mass is 447 g/mol. The fourth-order valence-corrected chi connectivity index (χ4v) is 4.71. The lowest BCUT2D eigenvalue weighted by molar-refractivity contribution is -0.117. The lowest BCUT2D eigenvalue weighted by Crippen LogP contribution is -2.24. The largest absolute Gasteiger partial charge is 0.490 e. The minimum Gasteiger partial charge on any atom is -0.490 e. The van der Waals surface area contributed by atoms with Gasteiger partial charge in [-0.1, -0.05) is 12.1 Å². The molecule has 2 aromatic rings. The van der Waals surface area contributed by atoms with Crippen LogP contribution in [0.3, 0.4) is 0 Å². The maximum atomic E-state index is 12.8. The summed E-state index contributed by atoms with van der Waals surface area (Å²) in [6.45, 7) is 1.24. The van der Waals surface area contributed by atoms with Crippen LogP contribution in [-0.2, 0) is 4.79 Å². The van der Waals surface area contributed by atoms with E-state index in [-0.39, 0.29) is 17.9 Å². The molecule has 6 nitrogen and oxygen atoms in total. The van der Waals surface area contributed by atoms with E-state index in [1.54, 1.807) is 0 Å². The summed E-state index contributed by atoms with van der Waals surface area (Å²) in [6.07, 6.45) is 8.64. The third-order valence-corrected chi connectivity index (χ3v) is 6.53. The molecule has 0 spiro atoms.